The summed E-state index contributed by atoms with van der Waals surface area (Å²) in [5, 5.41) is 11.7. The fourth-order valence-corrected chi connectivity index (χ4v) is 3.27. The van der Waals surface area contributed by atoms with Crippen LogP contribution in [-0.4, -0.2) is 32.6 Å². The predicted molar refractivity (Wildman–Crippen MR) is 104 cm³/mol. The minimum absolute atomic E-state index is 0.185. The van der Waals surface area contributed by atoms with Crippen LogP contribution in [0.3, 0.4) is 0 Å². The van der Waals surface area contributed by atoms with Crippen molar-refractivity contribution in [3.63, 3.8) is 0 Å². The molecule has 0 saturated carbocycles. The van der Waals surface area contributed by atoms with Crippen molar-refractivity contribution in [2.75, 3.05) is 12.1 Å². The van der Waals surface area contributed by atoms with Crippen molar-refractivity contribution in [1.82, 2.24) is 19.9 Å². The van der Waals surface area contributed by atoms with Crippen LogP contribution in [-0.2, 0) is 6.54 Å². The highest BCUT2D eigenvalue weighted by atomic mass is 16.7. The standard InChI is InChI=1S/C20H17N5O4/c1-3-25-7-6-17(23-25)22-19(26)13-9-14(21-20-18(13)11(2)24-29-20)12-4-5-15-16(8-12)28-10-27-15/h4-9H,3,10H2,1-2H3,(H,22,23,26). The molecule has 29 heavy (non-hydrogen) atoms. The number of pyridine rings is 1. The Morgan fingerprint density at radius 3 is 2.90 bits per heavy atom. The lowest BCUT2D eigenvalue weighted by molar-refractivity contribution is 0.102. The Kier molecular flexibility index (Phi) is 3.94. The molecule has 1 aromatic carbocycles. The molecule has 0 radical (unpaired) electrons. The first-order valence-electron chi connectivity index (χ1n) is 9.14. The molecule has 1 N–H and O–H groups in total. The largest absolute Gasteiger partial charge is 0.454 e. The van der Waals surface area contributed by atoms with Gasteiger partial charge in [0.1, 0.15) is 0 Å². The average Bonchev–Trinajstić information content (AvgIpc) is 3.46. The van der Waals surface area contributed by atoms with E-state index in [-0.39, 0.29) is 12.7 Å². The maximum absolute atomic E-state index is 13.0. The summed E-state index contributed by atoms with van der Waals surface area (Å²) in [6.45, 7) is 4.65. The maximum Gasteiger partial charge on any atom is 0.259 e. The Morgan fingerprint density at radius 2 is 2.07 bits per heavy atom. The van der Waals surface area contributed by atoms with Gasteiger partial charge in [0.05, 0.1) is 22.3 Å². The molecule has 4 aromatic rings. The molecule has 0 atom stereocenters. The average molecular weight is 391 g/mol. The lowest BCUT2D eigenvalue weighted by Crippen LogP contribution is -2.14. The van der Waals surface area contributed by atoms with Crippen molar-refractivity contribution >= 4 is 22.8 Å². The molecule has 1 aliphatic rings. The minimum atomic E-state index is -0.313. The van der Waals surface area contributed by atoms with Crippen LogP contribution in [0.25, 0.3) is 22.4 Å². The number of anilines is 1. The van der Waals surface area contributed by atoms with E-state index in [1.807, 2.05) is 25.1 Å². The van der Waals surface area contributed by atoms with Gasteiger partial charge in [0.15, 0.2) is 17.3 Å². The second-order valence-electron chi connectivity index (χ2n) is 6.58. The zero-order valence-electron chi connectivity index (χ0n) is 15.8. The van der Waals surface area contributed by atoms with E-state index >= 15 is 0 Å². The molecule has 0 spiro atoms. The van der Waals surface area contributed by atoms with Crippen molar-refractivity contribution in [2.24, 2.45) is 0 Å². The first-order valence-corrected chi connectivity index (χ1v) is 9.14. The molecule has 146 valence electrons. The highest BCUT2D eigenvalue weighted by Crippen LogP contribution is 2.36. The Labute approximate surface area is 165 Å². The molecular formula is C20H17N5O4. The highest BCUT2D eigenvalue weighted by molar-refractivity contribution is 6.12. The highest BCUT2D eigenvalue weighted by Gasteiger charge is 2.21. The minimum Gasteiger partial charge on any atom is -0.454 e. The van der Waals surface area contributed by atoms with Crippen molar-refractivity contribution in [3.05, 3.63) is 47.8 Å². The van der Waals surface area contributed by atoms with Gasteiger partial charge < -0.3 is 19.3 Å². The number of fused-ring (bicyclic) bond motifs is 2. The first-order chi connectivity index (χ1) is 14.1. The Bertz CT molecular complexity index is 1240. The van der Waals surface area contributed by atoms with Gasteiger partial charge in [0, 0.05) is 24.4 Å². The third-order valence-electron chi connectivity index (χ3n) is 4.74. The van der Waals surface area contributed by atoms with Crippen LogP contribution in [0.15, 0.2) is 41.1 Å². The van der Waals surface area contributed by atoms with Gasteiger partial charge in [0.2, 0.25) is 6.79 Å². The number of aromatic nitrogens is 4. The SMILES string of the molecule is CCn1ccc(NC(=O)c2cc(-c3ccc4c(c3)OCO4)nc3onc(C)c23)n1. The van der Waals surface area contributed by atoms with Gasteiger partial charge in [-0.2, -0.15) is 5.10 Å². The van der Waals surface area contributed by atoms with Gasteiger partial charge in [-0.3, -0.25) is 9.48 Å². The molecule has 0 bridgehead atoms. The van der Waals surface area contributed by atoms with Crippen LogP contribution in [0.2, 0.25) is 0 Å². The van der Waals surface area contributed by atoms with Gasteiger partial charge in [0.25, 0.3) is 11.6 Å². The summed E-state index contributed by atoms with van der Waals surface area (Å²) in [5.41, 5.74) is 2.63. The summed E-state index contributed by atoms with van der Waals surface area (Å²) in [5.74, 6) is 1.47. The summed E-state index contributed by atoms with van der Waals surface area (Å²) >= 11 is 0. The normalized spacial score (nSPS) is 12.5. The quantitative estimate of drug-likeness (QED) is 0.568. The van der Waals surface area contributed by atoms with Crippen molar-refractivity contribution in [1.29, 1.82) is 0 Å². The van der Waals surface area contributed by atoms with Crippen molar-refractivity contribution in [3.8, 4) is 22.8 Å². The fraction of sp³-hybridized carbons (Fsp3) is 0.200. The number of carbonyl (C=O) groups excluding carboxylic acids is 1. The molecule has 4 heterocycles. The van der Waals surface area contributed by atoms with Crippen LogP contribution < -0.4 is 14.8 Å². The summed E-state index contributed by atoms with van der Waals surface area (Å²) < 4.78 is 17.9. The van der Waals surface area contributed by atoms with Crippen LogP contribution >= 0.6 is 0 Å². The number of amides is 1. The number of rotatable bonds is 4. The number of hydrogen-bond acceptors (Lipinski definition) is 7. The van der Waals surface area contributed by atoms with E-state index in [1.54, 1.807) is 29.9 Å². The molecule has 1 amide bonds. The summed E-state index contributed by atoms with van der Waals surface area (Å²) in [6, 6.07) is 8.96. The molecule has 0 fully saturated rings. The van der Waals surface area contributed by atoms with E-state index in [2.05, 4.69) is 20.6 Å². The van der Waals surface area contributed by atoms with Crippen molar-refractivity contribution in [2.45, 2.75) is 20.4 Å². The van der Waals surface area contributed by atoms with Crippen LogP contribution in [0.5, 0.6) is 11.5 Å². The molecule has 9 heteroatoms. The number of benzene rings is 1. The number of carbonyl (C=O) groups is 1. The van der Waals surface area contributed by atoms with Gasteiger partial charge in [-0.15, -0.1) is 0 Å². The van der Waals surface area contributed by atoms with E-state index in [0.29, 0.717) is 51.9 Å². The second kappa shape index (κ2) is 6.62. The van der Waals surface area contributed by atoms with Gasteiger partial charge in [-0.1, -0.05) is 5.16 Å². The monoisotopic (exact) mass is 391 g/mol. The Morgan fingerprint density at radius 1 is 1.21 bits per heavy atom. The van der Waals surface area contributed by atoms with E-state index in [1.165, 1.54) is 0 Å². The first kappa shape index (κ1) is 17.2. The lowest BCUT2D eigenvalue weighted by atomic mass is 10.0. The van der Waals surface area contributed by atoms with E-state index in [4.69, 9.17) is 14.0 Å². The van der Waals surface area contributed by atoms with E-state index in [9.17, 15) is 4.79 Å². The predicted octanol–water partition coefficient (Wildman–Crippen LogP) is 3.40. The molecule has 0 aliphatic carbocycles. The van der Waals surface area contributed by atoms with Gasteiger partial charge in [-0.25, -0.2) is 4.98 Å². The second-order valence-corrected chi connectivity index (χ2v) is 6.58. The Balaban J connectivity index is 1.58. The Hall–Kier alpha value is -3.88. The molecule has 0 unspecified atom stereocenters. The van der Waals surface area contributed by atoms with Crippen LogP contribution in [0.1, 0.15) is 23.0 Å². The number of hydrogen-bond donors (Lipinski definition) is 1. The fourth-order valence-electron chi connectivity index (χ4n) is 3.27. The molecule has 9 nitrogen and oxygen atoms in total. The van der Waals surface area contributed by atoms with Gasteiger partial charge >= 0.3 is 0 Å². The molecule has 1 aliphatic heterocycles. The van der Waals surface area contributed by atoms with E-state index < -0.39 is 0 Å². The lowest BCUT2D eigenvalue weighted by Gasteiger charge is -2.07. The third-order valence-corrected chi connectivity index (χ3v) is 4.74. The number of aryl methyl sites for hydroxylation is 2. The van der Waals surface area contributed by atoms with Crippen LogP contribution in [0.4, 0.5) is 5.82 Å². The zero-order chi connectivity index (χ0) is 20.0. The van der Waals surface area contributed by atoms with Gasteiger partial charge in [-0.05, 0) is 38.1 Å². The topological polar surface area (TPSA) is 104 Å². The summed E-state index contributed by atoms with van der Waals surface area (Å²) in [6.07, 6.45) is 1.81. The molecule has 0 saturated heterocycles. The molecular weight excluding hydrogens is 374 g/mol. The van der Waals surface area contributed by atoms with E-state index in [0.717, 1.165) is 5.56 Å². The zero-order valence-corrected chi connectivity index (χ0v) is 15.8. The van der Waals surface area contributed by atoms with Crippen LogP contribution in [0, 0.1) is 6.92 Å². The van der Waals surface area contributed by atoms with Crippen molar-refractivity contribution < 1.29 is 18.8 Å². The summed E-state index contributed by atoms with van der Waals surface area (Å²) in [7, 11) is 0. The molecule has 3 aromatic heterocycles. The summed E-state index contributed by atoms with van der Waals surface area (Å²) in [4.78, 5) is 17.6. The smallest absolute Gasteiger partial charge is 0.259 e. The maximum atomic E-state index is 13.0. The third kappa shape index (κ3) is 2.96. The number of nitrogens with zero attached hydrogens (tertiary/aromatic N) is 4. The number of nitrogens with one attached hydrogen (secondary N) is 1. The number of ether oxygens (including phenoxy) is 2. The molecule has 5 rings (SSSR count).